The zero-order valence-electron chi connectivity index (χ0n) is 13.2. The maximum Gasteiger partial charge on any atom is 0.123 e. The summed E-state index contributed by atoms with van der Waals surface area (Å²) < 4.78 is 18.8. The molecule has 3 nitrogen and oxygen atoms in total. The van der Waals surface area contributed by atoms with Gasteiger partial charge in [0.1, 0.15) is 11.6 Å². The Bertz CT molecular complexity index is 429. The maximum absolute atomic E-state index is 13.5. The van der Waals surface area contributed by atoms with E-state index in [2.05, 4.69) is 33.1 Å². The lowest BCUT2D eigenvalue weighted by Gasteiger charge is -2.27. The Morgan fingerprint density at radius 1 is 1.35 bits per heavy atom. The molecule has 0 aromatic heterocycles. The molecule has 0 radical (unpaired) electrons. The topological polar surface area (TPSA) is 47.3 Å². The van der Waals surface area contributed by atoms with Gasteiger partial charge in [0.15, 0.2) is 0 Å². The van der Waals surface area contributed by atoms with Crippen molar-refractivity contribution >= 4 is 0 Å². The van der Waals surface area contributed by atoms with Gasteiger partial charge in [0, 0.05) is 11.6 Å². The van der Waals surface area contributed by atoms with Crippen LogP contribution in [0.2, 0.25) is 0 Å². The summed E-state index contributed by atoms with van der Waals surface area (Å²) in [5, 5.41) is 0. The van der Waals surface area contributed by atoms with E-state index < -0.39 is 0 Å². The fourth-order valence-electron chi connectivity index (χ4n) is 2.79. The molecule has 0 aliphatic carbocycles. The van der Waals surface area contributed by atoms with Crippen molar-refractivity contribution in [3.05, 3.63) is 29.6 Å². The number of hydrogen-bond acceptors (Lipinski definition) is 3. The molecule has 20 heavy (non-hydrogen) atoms. The lowest BCUT2D eigenvalue weighted by atomic mass is 9.82. The number of nitrogens with two attached hydrogens (primary N) is 1. The molecule has 1 aromatic carbocycles. The minimum absolute atomic E-state index is 0.113. The molecule has 0 spiro atoms. The molecule has 0 aliphatic rings. The number of rotatable bonds is 6. The van der Waals surface area contributed by atoms with Crippen LogP contribution in [0.1, 0.15) is 52.1 Å². The van der Waals surface area contributed by atoms with Gasteiger partial charge in [-0.3, -0.25) is 11.3 Å². The molecule has 1 aromatic rings. The molecule has 2 unspecified atom stereocenters. The Morgan fingerprint density at radius 3 is 2.50 bits per heavy atom. The molecule has 1 rings (SSSR count). The van der Waals surface area contributed by atoms with Crippen LogP contribution in [0, 0.1) is 17.2 Å². The van der Waals surface area contributed by atoms with Gasteiger partial charge >= 0.3 is 0 Å². The van der Waals surface area contributed by atoms with Crippen LogP contribution in [0.15, 0.2) is 18.2 Å². The van der Waals surface area contributed by atoms with Crippen molar-refractivity contribution in [3.8, 4) is 5.75 Å². The lowest BCUT2D eigenvalue weighted by Crippen LogP contribution is -2.30. The molecule has 114 valence electrons. The second-order valence-electron chi connectivity index (χ2n) is 6.71. The first kappa shape index (κ1) is 16.9. The first-order valence-electron chi connectivity index (χ1n) is 7.06. The number of methoxy groups -OCH3 is 1. The van der Waals surface area contributed by atoms with Gasteiger partial charge in [0.2, 0.25) is 0 Å². The number of ether oxygens (including phenoxy) is 1. The van der Waals surface area contributed by atoms with Crippen LogP contribution in [0.3, 0.4) is 0 Å². The van der Waals surface area contributed by atoms with Crippen molar-refractivity contribution < 1.29 is 9.13 Å². The molecule has 2 atom stereocenters. The van der Waals surface area contributed by atoms with E-state index in [1.165, 1.54) is 12.1 Å². The molecule has 0 saturated heterocycles. The minimum Gasteiger partial charge on any atom is -0.496 e. The summed E-state index contributed by atoms with van der Waals surface area (Å²) >= 11 is 0. The van der Waals surface area contributed by atoms with Crippen LogP contribution in [0.4, 0.5) is 4.39 Å². The molecule has 4 heteroatoms. The van der Waals surface area contributed by atoms with E-state index in [4.69, 9.17) is 10.6 Å². The highest BCUT2D eigenvalue weighted by molar-refractivity contribution is 5.36. The fraction of sp³-hybridized carbons (Fsp3) is 0.625. The smallest absolute Gasteiger partial charge is 0.123 e. The normalized spacial score (nSPS) is 14.9. The summed E-state index contributed by atoms with van der Waals surface area (Å²) in [4.78, 5) is 0. The van der Waals surface area contributed by atoms with E-state index in [9.17, 15) is 4.39 Å². The van der Waals surface area contributed by atoms with Gasteiger partial charge in [-0.15, -0.1) is 0 Å². The summed E-state index contributed by atoms with van der Waals surface area (Å²) in [5.41, 5.74) is 3.83. The average molecular weight is 282 g/mol. The third-order valence-electron chi connectivity index (χ3n) is 3.37. The largest absolute Gasteiger partial charge is 0.496 e. The summed E-state index contributed by atoms with van der Waals surface area (Å²) in [5.74, 6) is 6.53. The molecule has 3 N–H and O–H groups in total. The van der Waals surface area contributed by atoms with Crippen LogP contribution < -0.4 is 16.0 Å². The van der Waals surface area contributed by atoms with E-state index >= 15 is 0 Å². The molecule has 0 bridgehead atoms. The highest BCUT2D eigenvalue weighted by Crippen LogP contribution is 2.33. The fourth-order valence-corrected chi connectivity index (χ4v) is 2.79. The van der Waals surface area contributed by atoms with E-state index in [1.807, 2.05) is 0 Å². The van der Waals surface area contributed by atoms with Gasteiger partial charge in [0.05, 0.1) is 7.11 Å². The Hall–Kier alpha value is -1.13. The molecule has 0 saturated carbocycles. The third kappa shape index (κ3) is 5.10. The second-order valence-corrected chi connectivity index (χ2v) is 6.71. The van der Waals surface area contributed by atoms with Crippen LogP contribution in [0.25, 0.3) is 0 Å². The van der Waals surface area contributed by atoms with E-state index in [0.717, 1.165) is 18.4 Å². The number of hydrazine groups is 1. The SMILES string of the molecule is COc1ccc(F)cc1C(CC(C)CC(C)(C)C)NN. The predicted octanol–water partition coefficient (Wildman–Crippen LogP) is 3.80. The minimum atomic E-state index is -0.274. The number of nitrogens with one attached hydrogen (secondary N) is 1. The van der Waals surface area contributed by atoms with Crippen LogP contribution in [0.5, 0.6) is 5.75 Å². The zero-order chi connectivity index (χ0) is 15.3. The zero-order valence-corrected chi connectivity index (χ0v) is 13.2. The quantitative estimate of drug-likeness (QED) is 0.616. The van der Waals surface area contributed by atoms with Gasteiger partial charge in [-0.25, -0.2) is 4.39 Å². The van der Waals surface area contributed by atoms with Crippen molar-refractivity contribution in [2.75, 3.05) is 7.11 Å². The van der Waals surface area contributed by atoms with Crippen molar-refractivity contribution in [1.82, 2.24) is 5.43 Å². The molecule has 0 fully saturated rings. The van der Waals surface area contributed by atoms with Crippen molar-refractivity contribution in [2.45, 2.75) is 46.6 Å². The monoisotopic (exact) mass is 282 g/mol. The Kier molecular flexibility index (Phi) is 5.96. The third-order valence-corrected chi connectivity index (χ3v) is 3.37. The Labute approximate surface area is 121 Å². The van der Waals surface area contributed by atoms with Crippen molar-refractivity contribution in [2.24, 2.45) is 17.2 Å². The molecular weight excluding hydrogens is 255 g/mol. The first-order chi connectivity index (χ1) is 9.26. The standard InChI is InChI=1S/C16H27FN2O/c1-11(10-16(2,3)4)8-14(19-18)13-9-12(17)6-7-15(13)20-5/h6-7,9,11,14,19H,8,10,18H2,1-5H3. The van der Waals surface area contributed by atoms with Gasteiger partial charge < -0.3 is 4.74 Å². The highest BCUT2D eigenvalue weighted by Gasteiger charge is 2.22. The maximum atomic E-state index is 13.5. The predicted molar refractivity (Wildman–Crippen MR) is 80.9 cm³/mol. The number of benzene rings is 1. The van der Waals surface area contributed by atoms with Gasteiger partial charge in [-0.1, -0.05) is 27.7 Å². The van der Waals surface area contributed by atoms with Gasteiger partial charge in [-0.05, 0) is 42.4 Å². The van der Waals surface area contributed by atoms with E-state index in [1.54, 1.807) is 13.2 Å². The molecular formula is C16H27FN2O. The van der Waals surface area contributed by atoms with E-state index in [-0.39, 0.29) is 17.3 Å². The van der Waals surface area contributed by atoms with Gasteiger partial charge in [-0.2, -0.15) is 0 Å². The molecule has 0 aliphatic heterocycles. The van der Waals surface area contributed by atoms with E-state index in [0.29, 0.717) is 11.7 Å². The lowest BCUT2D eigenvalue weighted by molar-refractivity contribution is 0.274. The van der Waals surface area contributed by atoms with Crippen LogP contribution >= 0.6 is 0 Å². The Balaban J connectivity index is 2.88. The average Bonchev–Trinajstić information content (AvgIpc) is 2.33. The summed E-state index contributed by atoms with van der Waals surface area (Å²) in [6.07, 6.45) is 1.93. The molecule has 0 amide bonds. The molecule has 0 heterocycles. The highest BCUT2D eigenvalue weighted by atomic mass is 19.1. The first-order valence-corrected chi connectivity index (χ1v) is 7.06. The van der Waals surface area contributed by atoms with Crippen LogP contribution in [-0.4, -0.2) is 7.11 Å². The van der Waals surface area contributed by atoms with Crippen molar-refractivity contribution in [1.29, 1.82) is 0 Å². The summed E-state index contributed by atoms with van der Waals surface area (Å²) in [7, 11) is 1.59. The van der Waals surface area contributed by atoms with Crippen LogP contribution in [-0.2, 0) is 0 Å². The Morgan fingerprint density at radius 2 is 2.00 bits per heavy atom. The summed E-state index contributed by atoms with van der Waals surface area (Å²) in [6.45, 7) is 8.85. The number of hydrogen-bond donors (Lipinski definition) is 2. The second kappa shape index (κ2) is 7.04. The number of halogens is 1. The van der Waals surface area contributed by atoms with Gasteiger partial charge in [0.25, 0.3) is 0 Å². The van der Waals surface area contributed by atoms with Crippen molar-refractivity contribution in [3.63, 3.8) is 0 Å². The summed E-state index contributed by atoms with van der Waals surface area (Å²) in [6, 6.07) is 4.42.